The van der Waals surface area contributed by atoms with Crippen LogP contribution in [0.25, 0.3) is 188 Å². The van der Waals surface area contributed by atoms with Crippen molar-refractivity contribution in [2.45, 2.75) is 0 Å². The van der Waals surface area contributed by atoms with Crippen molar-refractivity contribution in [3.63, 3.8) is 0 Å². The predicted molar refractivity (Wildman–Crippen MR) is 334 cm³/mol. The highest BCUT2D eigenvalue weighted by Crippen LogP contribution is 2.52. The average molecular weight is 1040 g/mol. The van der Waals surface area contributed by atoms with Gasteiger partial charge in [-0.05, 0) is 242 Å². The lowest BCUT2D eigenvalue weighted by Crippen LogP contribution is -1.90. The van der Waals surface area contributed by atoms with Gasteiger partial charge in [0.1, 0.15) is 11.0 Å². The van der Waals surface area contributed by atoms with Gasteiger partial charge in [0.2, 0.25) is 0 Å². The van der Waals surface area contributed by atoms with Crippen LogP contribution in [0.3, 0.4) is 0 Å². The third-order valence-electron chi connectivity index (χ3n) is 17.3. The second-order valence-corrected chi connectivity index (χ2v) is 21.8. The molecule has 82 heavy (non-hydrogen) atoms. The molecule has 4 heterocycles. The van der Waals surface area contributed by atoms with E-state index in [0.29, 0.717) is 0 Å². The van der Waals surface area contributed by atoms with Crippen molar-refractivity contribution in [3.05, 3.63) is 256 Å². The van der Waals surface area contributed by atoms with Crippen molar-refractivity contribution >= 4 is 65.6 Å². The molecule has 0 atom stereocenters. The number of fused-ring (bicyclic) bond motifs is 10. The zero-order chi connectivity index (χ0) is 53.6. The third kappa shape index (κ3) is 6.88. The molecule has 0 amide bonds. The first kappa shape index (κ1) is 44.9. The second kappa shape index (κ2) is 17.2. The van der Waals surface area contributed by atoms with Gasteiger partial charge in [0.15, 0.2) is 24.0 Å². The molecule has 0 unspecified atom stereocenters. The van der Waals surface area contributed by atoms with Crippen LogP contribution >= 0.6 is 0 Å². The molecule has 0 spiro atoms. The van der Waals surface area contributed by atoms with Crippen molar-refractivity contribution in [1.82, 2.24) is 19.9 Å². The minimum atomic E-state index is 0.752. The van der Waals surface area contributed by atoms with Gasteiger partial charge < -0.3 is 8.83 Å². The smallest absolute Gasteiger partial charge is 0.181 e. The van der Waals surface area contributed by atoms with Crippen LogP contribution < -0.4 is 0 Å². The Morgan fingerprint density at radius 3 is 1.26 bits per heavy atom. The van der Waals surface area contributed by atoms with Crippen LogP contribution in [0, 0.1) is 0 Å². The van der Waals surface area contributed by atoms with Gasteiger partial charge in [-0.15, -0.1) is 0 Å². The van der Waals surface area contributed by atoms with E-state index < -0.39 is 0 Å². The van der Waals surface area contributed by atoms with E-state index >= 15 is 0 Å². The Balaban J connectivity index is 0.735. The Hall–Kier alpha value is -11.1. The molecule has 0 saturated carbocycles. The molecular weight excluding hydrogens is 1000 g/mol. The summed E-state index contributed by atoms with van der Waals surface area (Å²) < 4.78 is 11.6. The van der Waals surface area contributed by atoms with E-state index in [1.165, 1.54) is 90.0 Å². The maximum Gasteiger partial charge on any atom is 0.181 e. The van der Waals surface area contributed by atoms with Crippen molar-refractivity contribution in [2.24, 2.45) is 0 Å². The number of pyridine rings is 2. The van der Waals surface area contributed by atoms with Crippen molar-refractivity contribution in [2.75, 3.05) is 0 Å². The monoisotopic (exact) mass is 1040 g/mol. The van der Waals surface area contributed by atoms with Gasteiger partial charge in [-0.25, -0.2) is 9.97 Å². The molecular formula is C76H42N4O2. The molecule has 0 bridgehead atoms. The molecule has 2 aliphatic rings. The molecule has 2 aliphatic carbocycles. The molecule has 0 saturated heterocycles. The summed E-state index contributed by atoms with van der Waals surface area (Å²) in [6.45, 7) is 0. The summed E-state index contributed by atoms with van der Waals surface area (Å²) >= 11 is 0. The van der Waals surface area contributed by atoms with E-state index in [-0.39, 0.29) is 0 Å². The molecule has 0 aliphatic heterocycles. The summed E-state index contributed by atoms with van der Waals surface area (Å²) in [5.74, 6) is 0. The highest BCUT2D eigenvalue weighted by Gasteiger charge is 2.26. The number of benzene rings is 12. The lowest BCUT2D eigenvalue weighted by atomic mass is 9.89. The number of hydrogen-bond donors (Lipinski definition) is 0. The van der Waals surface area contributed by atoms with Gasteiger partial charge in [0, 0.05) is 28.7 Å². The normalized spacial score (nSPS) is 12.1. The largest absolute Gasteiger partial charge is 0.443 e. The van der Waals surface area contributed by atoms with Gasteiger partial charge in [0.05, 0.1) is 11.0 Å². The number of hydrogen-bond acceptors (Lipinski definition) is 6. The summed E-state index contributed by atoms with van der Waals surface area (Å²) in [5, 5.41) is 7.24. The minimum absolute atomic E-state index is 0.752. The van der Waals surface area contributed by atoms with E-state index in [0.717, 1.165) is 111 Å². The van der Waals surface area contributed by atoms with Crippen LogP contribution in [0.5, 0.6) is 0 Å². The second-order valence-electron chi connectivity index (χ2n) is 21.8. The molecule has 6 nitrogen and oxygen atoms in total. The standard InChI is InChI=1S/C76H42N4O2/c1-2-8-60-59(7-1)64-11-3-9-62-57(19-21-66(60)75(62)64)53-32-49(43-14-23-69-48(28-43)6-5-27-77-69)30-50(33-53)44-15-24-70-55(29-44)36-56(40-78-70)45-13-18-61-65-12-4-10-63-58(20-22-67(76(63)65)68(61)37-45)54-34-51(46-16-25-71-73(38-46)81-41-79-71)31-52(35-54)47-17-26-72-74(39-47)82-42-80-72/h1-42H. The van der Waals surface area contributed by atoms with Gasteiger partial charge in [-0.1, -0.05) is 127 Å². The number of oxazole rings is 2. The molecule has 16 aromatic rings. The first-order valence-electron chi connectivity index (χ1n) is 27.7. The maximum atomic E-state index is 5.78. The predicted octanol–water partition coefficient (Wildman–Crippen LogP) is 20.3. The first-order chi connectivity index (χ1) is 40.6. The topological polar surface area (TPSA) is 77.8 Å². The van der Waals surface area contributed by atoms with Crippen molar-refractivity contribution < 1.29 is 8.83 Å². The van der Waals surface area contributed by atoms with E-state index in [4.69, 9.17) is 13.8 Å². The van der Waals surface area contributed by atoms with Crippen LogP contribution in [0.4, 0.5) is 0 Å². The lowest BCUT2D eigenvalue weighted by Gasteiger charge is -2.15. The quantitative estimate of drug-likeness (QED) is 0.158. The van der Waals surface area contributed by atoms with Crippen LogP contribution in [-0.2, 0) is 0 Å². The Labute approximate surface area is 469 Å². The van der Waals surface area contributed by atoms with Crippen LogP contribution in [0.1, 0.15) is 0 Å². The van der Waals surface area contributed by atoms with Gasteiger partial charge >= 0.3 is 0 Å². The van der Waals surface area contributed by atoms with Crippen molar-refractivity contribution in [1.29, 1.82) is 0 Å². The van der Waals surface area contributed by atoms with Gasteiger partial charge in [-0.3, -0.25) is 9.97 Å². The molecule has 0 radical (unpaired) electrons. The fourth-order valence-corrected chi connectivity index (χ4v) is 13.4. The summed E-state index contributed by atoms with van der Waals surface area (Å²) in [7, 11) is 0. The fraction of sp³-hybridized carbons (Fsp3) is 0. The molecule has 12 aromatic carbocycles. The Morgan fingerprint density at radius 2 is 0.659 bits per heavy atom. The summed E-state index contributed by atoms with van der Waals surface area (Å²) in [6.07, 6.45) is 6.89. The van der Waals surface area contributed by atoms with Crippen molar-refractivity contribution in [3.8, 4) is 122 Å². The van der Waals surface area contributed by atoms with E-state index in [1.807, 2.05) is 30.6 Å². The van der Waals surface area contributed by atoms with E-state index in [9.17, 15) is 0 Å². The molecule has 378 valence electrons. The minimum Gasteiger partial charge on any atom is -0.443 e. The van der Waals surface area contributed by atoms with Crippen LogP contribution in [0.15, 0.2) is 265 Å². The van der Waals surface area contributed by atoms with E-state index in [2.05, 4.69) is 227 Å². The maximum absolute atomic E-state index is 5.78. The number of aromatic nitrogens is 4. The zero-order valence-corrected chi connectivity index (χ0v) is 43.9. The SMILES string of the molecule is c1ccc2c(c1)-c1cccc3c(-c4cc(-c5ccc6ncccc6c5)cc(-c5ccc6ncc(-c7ccc8c(c7)-c7ccc(-c9cc(-c%10ccc%11ncoc%11c%10)cc(-c%10ccc%11ncoc%11c%10)c9)c9cccc-8c79)cc6c5)c4)ccc-2c13. The summed E-state index contributed by atoms with van der Waals surface area (Å²) in [5.41, 5.74) is 30.9. The Kier molecular flexibility index (Phi) is 9.41. The fourth-order valence-electron chi connectivity index (χ4n) is 13.4. The zero-order valence-electron chi connectivity index (χ0n) is 43.9. The molecule has 4 aromatic heterocycles. The molecule has 6 heteroatoms. The summed E-state index contributed by atoms with van der Waals surface area (Å²) in [6, 6.07) is 84.6. The highest BCUT2D eigenvalue weighted by molar-refractivity contribution is 6.20. The lowest BCUT2D eigenvalue weighted by molar-refractivity contribution is 0.602. The highest BCUT2D eigenvalue weighted by atomic mass is 16.3. The number of rotatable bonds is 7. The van der Waals surface area contributed by atoms with Crippen LogP contribution in [-0.4, -0.2) is 19.9 Å². The van der Waals surface area contributed by atoms with Gasteiger partial charge in [0.25, 0.3) is 0 Å². The summed E-state index contributed by atoms with van der Waals surface area (Å²) in [4.78, 5) is 18.5. The molecule has 0 N–H and O–H groups in total. The first-order valence-corrected chi connectivity index (χ1v) is 27.7. The average Bonchev–Trinajstić information content (AvgIpc) is 4.09. The molecule has 18 rings (SSSR count). The third-order valence-corrected chi connectivity index (χ3v) is 17.3. The molecule has 0 fully saturated rings. The Morgan fingerprint density at radius 1 is 0.232 bits per heavy atom. The number of nitrogens with zero attached hydrogens (tertiary/aromatic N) is 4. The van der Waals surface area contributed by atoms with Crippen LogP contribution in [0.2, 0.25) is 0 Å². The van der Waals surface area contributed by atoms with E-state index in [1.54, 1.807) is 0 Å². The Bertz CT molecular complexity index is 5310. The van der Waals surface area contributed by atoms with Gasteiger partial charge in [-0.2, -0.15) is 0 Å².